The maximum atomic E-state index is 10.7. The van der Waals surface area contributed by atoms with Crippen molar-refractivity contribution < 1.29 is 31.5 Å². The summed E-state index contributed by atoms with van der Waals surface area (Å²) in [6, 6.07) is 17.3. The molecule has 0 aliphatic carbocycles. The lowest BCUT2D eigenvalue weighted by molar-refractivity contribution is -0.148. The van der Waals surface area contributed by atoms with E-state index in [1.807, 2.05) is 36.4 Å². The maximum absolute atomic E-state index is 10.7. The Hall–Kier alpha value is -3.07. The molecule has 2 rings (SSSR count). The topological polar surface area (TPSA) is 184 Å². The Bertz CT molecular complexity index is 683. The molecular formula is C18H25N2O6+. The van der Waals surface area contributed by atoms with Gasteiger partial charge in [0.2, 0.25) is 5.78 Å². The van der Waals surface area contributed by atoms with E-state index >= 15 is 0 Å². The van der Waals surface area contributed by atoms with Crippen LogP contribution in [0.25, 0.3) is 0 Å². The van der Waals surface area contributed by atoms with Crippen molar-refractivity contribution in [3.63, 3.8) is 0 Å². The normalized spacial score (nSPS) is 10.0. The van der Waals surface area contributed by atoms with Gasteiger partial charge in [0.15, 0.2) is 0 Å². The van der Waals surface area contributed by atoms with E-state index in [4.69, 9.17) is 15.9 Å². The van der Waals surface area contributed by atoms with Crippen molar-refractivity contribution >= 4 is 17.7 Å². The van der Waals surface area contributed by atoms with E-state index in [9.17, 15) is 14.4 Å². The van der Waals surface area contributed by atoms with Crippen molar-refractivity contribution in [3.8, 4) is 0 Å². The number of nitrogens with two attached hydrogens (primary N) is 1. The van der Waals surface area contributed by atoms with Gasteiger partial charge in [-0.3, -0.25) is 9.59 Å². The zero-order valence-corrected chi connectivity index (χ0v) is 14.2. The standard InChI is InChI=1S/C9H11NO2.C9H8O3.H3N.H2O/c2*10-8(9(11)12)6-7-4-2-1-3-5-7;;/h1-5,8H,6,10H2,(H,11,12);1-5H,6H2,(H,11,12);1H3;1H2/p+1/t8-;;;/m0.../s1. The average Bonchev–Trinajstić information content (AvgIpc) is 2.57. The van der Waals surface area contributed by atoms with Crippen LogP contribution in [0.4, 0.5) is 0 Å². The number of carboxylic acids is 2. The minimum Gasteiger partial charge on any atom is -0.480 e. The van der Waals surface area contributed by atoms with E-state index in [0.29, 0.717) is 6.42 Å². The molecule has 2 aromatic carbocycles. The number of benzene rings is 2. The molecule has 9 N–H and O–H groups in total. The molecule has 0 saturated heterocycles. The van der Waals surface area contributed by atoms with Gasteiger partial charge in [-0.1, -0.05) is 60.7 Å². The first-order valence-electron chi connectivity index (χ1n) is 7.22. The second kappa shape index (κ2) is 13.2. The molecule has 0 aromatic heterocycles. The molecule has 0 radical (unpaired) electrons. The number of aliphatic carboxylic acids is 2. The van der Waals surface area contributed by atoms with E-state index in [-0.39, 0.29) is 19.5 Å². The molecule has 0 aliphatic heterocycles. The van der Waals surface area contributed by atoms with Gasteiger partial charge in [-0.2, -0.15) is 0 Å². The van der Waals surface area contributed by atoms with Gasteiger partial charge in [-0.05, 0) is 17.5 Å². The highest BCUT2D eigenvalue weighted by Gasteiger charge is 2.11. The van der Waals surface area contributed by atoms with Gasteiger partial charge in [0, 0.05) is 6.42 Å². The lowest BCUT2D eigenvalue weighted by Crippen LogP contribution is -2.32. The van der Waals surface area contributed by atoms with Crippen LogP contribution in [-0.2, 0) is 27.2 Å². The fourth-order valence-electron chi connectivity index (χ4n) is 1.81. The Morgan fingerprint density at radius 1 is 0.885 bits per heavy atom. The van der Waals surface area contributed by atoms with Crippen molar-refractivity contribution in [2.45, 2.75) is 18.9 Å². The lowest BCUT2D eigenvalue weighted by Gasteiger charge is -2.04. The first-order chi connectivity index (χ1) is 11.4. The first-order valence-corrected chi connectivity index (χ1v) is 7.22. The quantitative estimate of drug-likeness (QED) is 0.549. The van der Waals surface area contributed by atoms with Crippen LogP contribution in [0.1, 0.15) is 12.6 Å². The third kappa shape index (κ3) is 9.93. The van der Waals surface area contributed by atoms with Gasteiger partial charge in [0.05, 0.1) is 0 Å². The van der Waals surface area contributed by atoms with Crippen LogP contribution >= 0.6 is 0 Å². The van der Waals surface area contributed by atoms with Crippen LogP contribution in [0, 0.1) is 0 Å². The van der Waals surface area contributed by atoms with E-state index < -0.39 is 23.8 Å². The van der Waals surface area contributed by atoms with Crippen LogP contribution in [0.5, 0.6) is 0 Å². The molecule has 0 fully saturated rings. The Labute approximate surface area is 152 Å². The Morgan fingerprint density at radius 2 is 1.31 bits per heavy atom. The van der Waals surface area contributed by atoms with Crippen LogP contribution in [-0.4, -0.2) is 39.5 Å². The number of rotatable bonds is 6. The largest absolute Gasteiger partial charge is 1.00 e. The Kier molecular flexibility index (Phi) is 12.8. The molecule has 2 aromatic rings. The van der Waals surface area contributed by atoms with Crippen molar-refractivity contribution in [2.75, 3.05) is 0 Å². The molecule has 0 spiro atoms. The average molecular weight is 365 g/mol. The molecule has 8 nitrogen and oxygen atoms in total. The van der Waals surface area contributed by atoms with Crippen LogP contribution in [0.15, 0.2) is 60.7 Å². The van der Waals surface area contributed by atoms with Crippen LogP contribution in [0.3, 0.4) is 0 Å². The molecule has 1 atom stereocenters. The zero-order valence-electron chi connectivity index (χ0n) is 15.2. The highest BCUT2D eigenvalue weighted by atomic mass is 16.4. The fraction of sp³-hybridized carbons (Fsp3) is 0.167. The minimum absolute atomic E-state index is 0. The van der Waals surface area contributed by atoms with Crippen molar-refractivity contribution in [1.29, 1.82) is 0 Å². The second-order valence-electron chi connectivity index (χ2n) is 5.03. The summed E-state index contributed by atoms with van der Waals surface area (Å²) in [7, 11) is 0. The lowest BCUT2D eigenvalue weighted by atomic mass is 10.1. The number of carbonyl (C=O) groups is 3. The smallest absolute Gasteiger partial charge is 0.480 e. The van der Waals surface area contributed by atoms with E-state index in [1.54, 1.807) is 24.3 Å². The van der Waals surface area contributed by atoms with E-state index in [2.05, 4.69) is 0 Å². The summed E-state index contributed by atoms with van der Waals surface area (Å²) in [5.74, 6) is -3.11. The maximum Gasteiger partial charge on any atom is 1.00 e. The summed E-state index contributed by atoms with van der Waals surface area (Å²) in [5.41, 5.74) is 7.03. The van der Waals surface area contributed by atoms with Crippen molar-refractivity contribution in [3.05, 3.63) is 71.8 Å². The summed E-state index contributed by atoms with van der Waals surface area (Å²) < 4.78 is 0. The number of hydrogen-bond acceptors (Lipinski definition) is 5. The monoisotopic (exact) mass is 365 g/mol. The zero-order chi connectivity index (χ0) is 17.9. The third-order valence-electron chi connectivity index (χ3n) is 3.06. The predicted octanol–water partition coefficient (Wildman–Crippen LogP) is 0.974. The number of ketones is 1. The second-order valence-corrected chi connectivity index (χ2v) is 5.03. The minimum atomic E-state index is -1.38. The van der Waals surface area contributed by atoms with Gasteiger partial charge < -0.3 is 27.6 Å². The third-order valence-corrected chi connectivity index (χ3v) is 3.06. The van der Waals surface area contributed by atoms with E-state index in [1.165, 1.54) is 0 Å². The molecule has 0 aliphatic rings. The summed E-state index contributed by atoms with van der Waals surface area (Å²) >= 11 is 0. The molecule has 26 heavy (non-hydrogen) atoms. The molecular weight excluding hydrogens is 340 g/mol. The van der Waals surface area contributed by atoms with Crippen LogP contribution in [0.2, 0.25) is 0 Å². The molecule has 142 valence electrons. The van der Waals surface area contributed by atoms with Gasteiger partial charge in [0.1, 0.15) is 6.04 Å². The van der Waals surface area contributed by atoms with E-state index in [0.717, 1.165) is 11.1 Å². The van der Waals surface area contributed by atoms with Gasteiger partial charge in [0.25, 0.3) is 0 Å². The number of carboxylic acid groups (broad SMARTS) is 2. The highest BCUT2D eigenvalue weighted by molar-refractivity contribution is 6.33. The summed E-state index contributed by atoms with van der Waals surface area (Å²) in [5, 5.41) is 16.8. The molecule has 0 amide bonds. The van der Waals surface area contributed by atoms with Crippen molar-refractivity contribution in [2.24, 2.45) is 5.73 Å². The molecule has 0 bridgehead atoms. The van der Waals surface area contributed by atoms with Gasteiger partial charge in [-0.25, -0.2) is 4.79 Å². The number of Topliss-reactive ketones (excluding diaryl/α,β-unsaturated/α-hetero) is 1. The summed E-state index contributed by atoms with van der Waals surface area (Å²) in [6.07, 6.45) is 0.354. The van der Waals surface area contributed by atoms with Crippen LogP contribution < -0.4 is 11.9 Å². The predicted molar refractivity (Wildman–Crippen MR) is 98.3 cm³/mol. The Morgan fingerprint density at radius 3 is 1.69 bits per heavy atom. The first kappa shape index (κ1) is 25.2. The Balaban J connectivity index is -0.000000384. The molecule has 8 heteroatoms. The molecule has 0 saturated carbocycles. The van der Waals surface area contributed by atoms with Crippen molar-refractivity contribution in [1.82, 2.24) is 6.15 Å². The highest BCUT2D eigenvalue weighted by Crippen LogP contribution is 2.01. The number of hydrogen-bond donors (Lipinski definition) is 4. The molecule has 0 unspecified atom stereocenters. The van der Waals surface area contributed by atoms with Gasteiger partial charge in [-0.15, -0.1) is 0 Å². The van der Waals surface area contributed by atoms with Gasteiger partial charge >= 0.3 is 13.4 Å². The SMILES string of the molecule is N.N[C@@H](Cc1ccccc1)C(=O)O.O.O=C(O)C(=O)Cc1ccccc1.[H+]. The summed E-state index contributed by atoms with van der Waals surface area (Å²) in [6.45, 7) is 0. The number of carbonyl (C=O) groups excluding carboxylic acids is 1. The fourth-order valence-corrected chi connectivity index (χ4v) is 1.81. The molecule has 0 heterocycles. The summed E-state index contributed by atoms with van der Waals surface area (Å²) in [4.78, 5) is 31.2.